The molecule has 486 valence electrons. The van der Waals surface area contributed by atoms with E-state index in [-0.39, 0.29) is 18.5 Å². The average Bonchev–Trinajstić information content (AvgIpc) is 3.48. The lowest BCUT2D eigenvalue weighted by Crippen LogP contribution is -2.45. The van der Waals surface area contributed by atoms with Crippen molar-refractivity contribution in [3.63, 3.8) is 0 Å². The van der Waals surface area contributed by atoms with E-state index in [4.69, 9.17) is 4.74 Å². The van der Waals surface area contributed by atoms with Crippen LogP contribution in [0.5, 0.6) is 0 Å². The molecule has 0 aromatic carbocycles. The van der Waals surface area contributed by atoms with Crippen LogP contribution in [0.25, 0.3) is 0 Å². The maximum atomic E-state index is 12.5. The number of carbonyl (C=O) groups is 2. The molecule has 2 unspecified atom stereocenters. The zero-order valence-electron chi connectivity index (χ0n) is 55.8. The molecule has 0 saturated heterocycles. The molecular formula is C76H147NO5. The van der Waals surface area contributed by atoms with Gasteiger partial charge in [0, 0.05) is 12.8 Å². The number of nitrogens with one attached hydrogen (secondary N) is 1. The second-order valence-electron chi connectivity index (χ2n) is 26.0. The smallest absolute Gasteiger partial charge is 0.305 e. The Morgan fingerprint density at radius 1 is 0.329 bits per heavy atom. The zero-order valence-corrected chi connectivity index (χ0v) is 55.8. The molecule has 0 bridgehead atoms. The first kappa shape index (κ1) is 80.3. The summed E-state index contributed by atoms with van der Waals surface area (Å²) in [7, 11) is 0. The lowest BCUT2D eigenvalue weighted by molar-refractivity contribution is -0.143. The third-order valence-electron chi connectivity index (χ3n) is 17.7. The minimum absolute atomic E-state index is 0.0158. The predicted molar refractivity (Wildman–Crippen MR) is 361 cm³/mol. The lowest BCUT2D eigenvalue weighted by atomic mass is 10.0. The minimum Gasteiger partial charge on any atom is -0.466 e. The van der Waals surface area contributed by atoms with Gasteiger partial charge < -0.3 is 20.3 Å². The van der Waals surface area contributed by atoms with Gasteiger partial charge in [0.25, 0.3) is 0 Å². The SMILES string of the molecule is CCCCCCCCC/C=C\CCCCCCCCCC(=O)OCCCCCCCCCCCCCCCCCCCCCCCCCCCCCC(=O)NC(CO)C(O)/C=C/CCCCCCCCCCCCCCCCCCCC. The van der Waals surface area contributed by atoms with E-state index in [1.54, 1.807) is 6.08 Å². The molecule has 0 fully saturated rings. The van der Waals surface area contributed by atoms with E-state index in [9.17, 15) is 19.8 Å². The highest BCUT2D eigenvalue weighted by Crippen LogP contribution is 2.19. The minimum atomic E-state index is -0.843. The number of hydrogen-bond acceptors (Lipinski definition) is 5. The predicted octanol–water partition coefficient (Wildman–Crippen LogP) is 24.5. The Labute approximate surface area is 513 Å². The molecule has 0 aliphatic carbocycles. The number of amides is 1. The van der Waals surface area contributed by atoms with Crippen molar-refractivity contribution >= 4 is 11.9 Å². The van der Waals surface area contributed by atoms with Gasteiger partial charge in [0.2, 0.25) is 5.91 Å². The van der Waals surface area contributed by atoms with Crippen molar-refractivity contribution in [3.05, 3.63) is 24.3 Å². The summed E-state index contributed by atoms with van der Waals surface area (Å²) >= 11 is 0. The van der Waals surface area contributed by atoms with Gasteiger partial charge in [-0.25, -0.2) is 0 Å². The molecule has 0 aromatic rings. The summed E-state index contributed by atoms with van der Waals surface area (Å²) in [6.07, 6.45) is 91.3. The van der Waals surface area contributed by atoms with E-state index in [0.717, 1.165) is 44.9 Å². The Bertz CT molecular complexity index is 1280. The van der Waals surface area contributed by atoms with Crippen LogP contribution in [-0.2, 0) is 14.3 Å². The van der Waals surface area contributed by atoms with Crippen molar-refractivity contribution in [3.8, 4) is 0 Å². The molecule has 0 aromatic heterocycles. The Hall–Kier alpha value is -1.66. The van der Waals surface area contributed by atoms with Crippen molar-refractivity contribution < 1.29 is 24.5 Å². The number of ether oxygens (including phenoxy) is 1. The molecule has 1 amide bonds. The number of allylic oxidation sites excluding steroid dienone is 3. The van der Waals surface area contributed by atoms with Crippen molar-refractivity contribution in [1.29, 1.82) is 0 Å². The third-order valence-corrected chi connectivity index (χ3v) is 17.7. The van der Waals surface area contributed by atoms with E-state index < -0.39 is 12.1 Å². The Morgan fingerprint density at radius 3 is 0.866 bits per heavy atom. The molecule has 82 heavy (non-hydrogen) atoms. The molecule has 0 rings (SSSR count). The molecule has 0 spiro atoms. The molecule has 0 aliphatic rings. The third kappa shape index (κ3) is 67.5. The molecule has 0 saturated carbocycles. The van der Waals surface area contributed by atoms with E-state index in [0.29, 0.717) is 19.4 Å². The van der Waals surface area contributed by atoms with Crippen molar-refractivity contribution in [2.24, 2.45) is 0 Å². The van der Waals surface area contributed by atoms with E-state index in [1.165, 1.54) is 353 Å². The summed E-state index contributed by atoms with van der Waals surface area (Å²) in [5.41, 5.74) is 0. The van der Waals surface area contributed by atoms with Gasteiger partial charge in [0.15, 0.2) is 0 Å². The summed E-state index contributed by atoms with van der Waals surface area (Å²) < 4.78 is 5.51. The van der Waals surface area contributed by atoms with E-state index in [1.807, 2.05) is 6.08 Å². The van der Waals surface area contributed by atoms with Crippen LogP contribution < -0.4 is 5.32 Å². The molecule has 0 heterocycles. The summed E-state index contributed by atoms with van der Waals surface area (Å²) in [4.78, 5) is 24.6. The first-order valence-corrected chi connectivity index (χ1v) is 37.6. The van der Waals surface area contributed by atoms with Crippen LogP contribution in [0.4, 0.5) is 0 Å². The molecule has 3 N–H and O–H groups in total. The molecular weight excluding hydrogens is 1010 g/mol. The van der Waals surface area contributed by atoms with Crippen molar-refractivity contribution in [2.75, 3.05) is 13.2 Å². The van der Waals surface area contributed by atoms with Crippen LogP contribution in [-0.4, -0.2) is 47.4 Å². The molecule has 6 nitrogen and oxygen atoms in total. The van der Waals surface area contributed by atoms with Gasteiger partial charge in [-0.3, -0.25) is 9.59 Å². The fourth-order valence-corrected chi connectivity index (χ4v) is 12.0. The molecule has 0 aliphatic heterocycles. The largest absolute Gasteiger partial charge is 0.466 e. The number of aliphatic hydroxyl groups excluding tert-OH is 2. The van der Waals surface area contributed by atoms with Gasteiger partial charge in [0.1, 0.15) is 0 Å². The fraction of sp³-hybridized carbons (Fsp3) is 0.921. The normalized spacial score (nSPS) is 12.6. The van der Waals surface area contributed by atoms with Gasteiger partial charge in [-0.1, -0.05) is 378 Å². The van der Waals surface area contributed by atoms with Crippen LogP contribution in [0.15, 0.2) is 24.3 Å². The zero-order chi connectivity index (χ0) is 59.2. The van der Waals surface area contributed by atoms with Crippen LogP contribution in [0, 0.1) is 0 Å². The van der Waals surface area contributed by atoms with E-state index in [2.05, 4.69) is 31.3 Å². The Balaban J connectivity index is 3.36. The Kier molecular flexibility index (Phi) is 70.4. The number of esters is 1. The maximum Gasteiger partial charge on any atom is 0.305 e. The van der Waals surface area contributed by atoms with Crippen molar-refractivity contribution in [2.45, 2.75) is 437 Å². The second kappa shape index (κ2) is 71.8. The number of rotatable bonds is 71. The van der Waals surface area contributed by atoms with Crippen LogP contribution in [0.1, 0.15) is 425 Å². The van der Waals surface area contributed by atoms with Crippen LogP contribution >= 0.6 is 0 Å². The van der Waals surface area contributed by atoms with E-state index >= 15 is 0 Å². The standard InChI is InChI=1S/C76H147NO5/c1-3-5-7-9-11-13-15-17-19-21-23-33-36-40-44-48-52-56-60-64-68-74(79)73(72-78)77-75(80)69-65-61-57-53-49-45-41-37-34-31-29-27-25-24-26-28-30-32-35-39-43-47-51-55-59-63-67-71-82-76(81)70-66-62-58-54-50-46-42-38-22-20-18-16-14-12-10-8-6-4-2/h20,22,64,68,73-74,78-79H,3-19,21,23-63,65-67,69-72H2,1-2H3,(H,77,80)/b22-20-,68-64+. The molecule has 6 heteroatoms. The number of aliphatic hydroxyl groups is 2. The highest BCUT2D eigenvalue weighted by atomic mass is 16.5. The van der Waals surface area contributed by atoms with Crippen LogP contribution in [0.2, 0.25) is 0 Å². The van der Waals surface area contributed by atoms with Gasteiger partial charge in [0.05, 0.1) is 25.4 Å². The fourth-order valence-electron chi connectivity index (χ4n) is 12.0. The summed E-state index contributed by atoms with van der Waals surface area (Å²) in [5, 5.41) is 23.3. The first-order chi connectivity index (χ1) is 40.5. The topological polar surface area (TPSA) is 95.9 Å². The highest BCUT2D eigenvalue weighted by molar-refractivity contribution is 5.76. The van der Waals surface area contributed by atoms with Crippen molar-refractivity contribution in [1.82, 2.24) is 5.32 Å². The summed E-state index contributed by atoms with van der Waals surface area (Å²) in [6.45, 7) is 4.95. The summed E-state index contributed by atoms with van der Waals surface area (Å²) in [6, 6.07) is -0.626. The second-order valence-corrected chi connectivity index (χ2v) is 26.0. The van der Waals surface area contributed by atoms with Gasteiger partial charge in [-0.15, -0.1) is 0 Å². The Morgan fingerprint density at radius 2 is 0.573 bits per heavy atom. The monoisotopic (exact) mass is 1150 g/mol. The number of hydrogen-bond donors (Lipinski definition) is 3. The quantitative estimate of drug-likeness (QED) is 0.0320. The average molecular weight is 1160 g/mol. The van der Waals surface area contributed by atoms with Gasteiger partial charge >= 0.3 is 5.97 Å². The van der Waals surface area contributed by atoms with Crippen LogP contribution in [0.3, 0.4) is 0 Å². The molecule has 2 atom stereocenters. The van der Waals surface area contributed by atoms with Gasteiger partial charge in [-0.05, 0) is 57.8 Å². The summed E-state index contributed by atoms with van der Waals surface area (Å²) in [5.74, 6) is -0.0452. The van der Waals surface area contributed by atoms with Gasteiger partial charge in [-0.2, -0.15) is 0 Å². The number of unbranched alkanes of at least 4 members (excludes halogenated alkanes) is 58. The number of carbonyl (C=O) groups excluding carboxylic acids is 2. The first-order valence-electron chi connectivity index (χ1n) is 37.6. The molecule has 0 radical (unpaired) electrons. The highest BCUT2D eigenvalue weighted by Gasteiger charge is 2.18. The lowest BCUT2D eigenvalue weighted by Gasteiger charge is -2.20. The maximum absolute atomic E-state index is 12.5.